The molecule has 0 saturated heterocycles. The van der Waals surface area contributed by atoms with Gasteiger partial charge in [0.2, 0.25) is 0 Å². The molecule has 1 atom stereocenters. The van der Waals surface area contributed by atoms with Gasteiger partial charge in [-0.2, -0.15) is 5.10 Å². The van der Waals surface area contributed by atoms with Crippen LogP contribution >= 0.6 is 0 Å². The molecule has 1 N–H and O–H groups in total. The maximum atomic E-state index is 11.7. The summed E-state index contributed by atoms with van der Waals surface area (Å²) >= 11 is 0. The van der Waals surface area contributed by atoms with Gasteiger partial charge in [0.15, 0.2) is 0 Å². The number of hydrogen-bond acceptors (Lipinski definition) is 3. The maximum absolute atomic E-state index is 11.7. The number of aromatic nitrogens is 2. The Kier molecular flexibility index (Phi) is 6.50. The third-order valence-corrected chi connectivity index (χ3v) is 5.22. The number of rotatable bonds is 6. The predicted molar refractivity (Wildman–Crippen MR) is 108 cm³/mol. The molecule has 6 heteroatoms. The fourth-order valence-corrected chi connectivity index (χ4v) is 3.51. The van der Waals surface area contributed by atoms with Crippen LogP contribution in [0.15, 0.2) is 36.4 Å². The van der Waals surface area contributed by atoms with Gasteiger partial charge < -0.3 is 10.2 Å². The van der Waals surface area contributed by atoms with Gasteiger partial charge in [-0.1, -0.05) is 37.3 Å². The minimum atomic E-state index is -0.0882. The fourth-order valence-electron chi connectivity index (χ4n) is 3.51. The van der Waals surface area contributed by atoms with Gasteiger partial charge in [0.25, 0.3) is 0 Å². The Bertz CT molecular complexity index is 740. The van der Waals surface area contributed by atoms with Gasteiger partial charge in [-0.15, -0.1) is 0 Å². The van der Waals surface area contributed by atoms with E-state index in [1.807, 2.05) is 0 Å². The van der Waals surface area contributed by atoms with Crippen molar-refractivity contribution in [2.75, 3.05) is 27.2 Å². The van der Waals surface area contributed by atoms with E-state index in [4.69, 9.17) is 0 Å². The van der Waals surface area contributed by atoms with E-state index < -0.39 is 0 Å². The monoisotopic (exact) mass is 369 g/mol. The average molecular weight is 370 g/mol. The quantitative estimate of drug-likeness (QED) is 0.851. The lowest BCUT2D eigenvalue weighted by molar-refractivity contribution is 0.217. The molecule has 1 aromatic heterocycles. The summed E-state index contributed by atoms with van der Waals surface area (Å²) in [4.78, 5) is 15.8. The molecule has 1 aliphatic rings. The molecule has 1 aliphatic heterocycles. The Morgan fingerprint density at radius 3 is 2.78 bits per heavy atom. The summed E-state index contributed by atoms with van der Waals surface area (Å²) in [6.07, 6.45) is 2.27. The van der Waals surface area contributed by atoms with Gasteiger partial charge in [0.05, 0.1) is 17.9 Å². The summed E-state index contributed by atoms with van der Waals surface area (Å²) in [5.41, 5.74) is 3.59. The molecule has 3 rings (SSSR count). The summed E-state index contributed by atoms with van der Waals surface area (Å²) in [5.74, 6) is 0.566. The molecule has 0 spiro atoms. The molecule has 6 nitrogen and oxygen atoms in total. The summed E-state index contributed by atoms with van der Waals surface area (Å²) in [7, 11) is 3.48. The molecule has 0 saturated carbocycles. The highest BCUT2D eigenvalue weighted by atomic mass is 16.2. The van der Waals surface area contributed by atoms with E-state index in [-0.39, 0.29) is 6.03 Å². The van der Waals surface area contributed by atoms with Crippen LogP contribution in [0.25, 0.3) is 0 Å². The summed E-state index contributed by atoms with van der Waals surface area (Å²) < 4.78 is 2.11. The number of carbonyl (C=O) groups is 1. The van der Waals surface area contributed by atoms with Gasteiger partial charge in [-0.05, 0) is 36.9 Å². The highest BCUT2D eigenvalue weighted by Crippen LogP contribution is 2.21. The molecule has 0 bridgehead atoms. The Balaban J connectivity index is 1.55. The van der Waals surface area contributed by atoms with E-state index in [0.717, 1.165) is 44.7 Å². The minimum Gasteiger partial charge on any atom is -0.332 e. The molecule has 0 radical (unpaired) electrons. The largest absolute Gasteiger partial charge is 0.332 e. The van der Waals surface area contributed by atoms with Crippen molar-refractivity contribution in [1.29, 1.82) is 0 Å². The van der Waals surface area contributed by atoms with E-state index in [1.165, 1.54) is 16.2 Å². The second-order valence-electron chi connectivity index (χ2n) is 7.63. The van der Waals surface area contributed by atoms with Crippen LogP contribution in [-0.2, 0) is 19.6 Å². The van der Waals surface area contributed by atoms with Crippen molar-refractivity contribution in [3.05, 3.63) is 53.3 Å². The first-order valence-corrected chi connectivity index (χ1v) is 9.81. The first kappa shape index (κ1) is 19.4. The maximum Gasteiger partial charge on any atom is 0.317 e. The van der Waals surface area contributed by atoms with Gasteiger partial charge in [0, 0.05) is 33.7 Å². The highest BCUT2D eigenvalue weighted by Gasteiger charge is 2.18. The topological polar surface area (TPSA) is 53.4 Å². The minimum absolute atomic E-state index is 0.0882. The number of fused-ring (bicyclic) bond motifs is 1. The number of nitrogens with one attached hydrogen (secondary N) is 1. The smallest absolute Gasteiger partial charge is 0.317 e. The number of hydrogen-bond donors (Lipinski definition) is 1. The summed E-state index contributed by atoms with van der Waals surface area (Å²) in [5, 5.41) is 7.57. The fraction of sp³-hybridized carbons (Fsp3) is 0.524. The molecule has 2 amide bonds. The second kappa shape index (κ2) is 9.04. The van der Waals surface area contributed by atoms with Gasteiger partial charge in [-0.25, -0.2) is 4.79 Å². The third kappa shape index (κ3) is 5.32. The third-order valence-electron chi connectivity index (χ3n) is 5.22. The van der Waals surface area contributed by atoms with Crippen LogP contribution in [0.5, 0.6) is 0 Å². The number of carbonyl (C=O) groups excluding carboxylic acids is 1. The molecule has 146 valence electrons. The molecular weight excluding hydrogens is 338 g/mol. The lowest BCUT2D eigenvalue weighted by atomic mass is 9.98. The van der Waals surface area contributed by atoms with Crippen LogP contribution in [0, 0.1) is 0 Å². The Morgan fingerprint density at radius 1 is 1.26 bits per heavy atom. The van der Waals surface area contributed by atoms with Crippen molar-refractivity contribution in [3.8, 4) is 0 Å². The van der Waals surface area contributed by atoms with E-state index in [9.17, 15) is 4.79 Å². The Morgan fingerprint density at radius 2 is 2.04 bits per heavy atom. The van der Waals surface area contributed by atoms with Gasteiger partial charge in [-0.3, -0.25) is 9.58 Å². The number of amides is 2. The lowest BCUT2D eigenvalue weighted by Crippen LogP contribution is -2.34. The van der Waals surface area contributed by atoms with Crippen molar-refractivity contribution < 1.29 is 4.79 Å². The van der Waals surface area contributed by atoms with Crippen molar-refractivity contribution >= 4 is 6.03 Å². The number of urea groups is 1. The molecule has 27 heavy (non-hydrogen) atoms. The molecule has 0 aliphatic carbocycles. The second-order valence-corrected chi connectivity index (χ2v) is 7.63. The molecular formula is C21H31N5O. The summed E-state index contributed by atoms with van der Waals surface area (Å²) in [6, 6.07) is 12.8. The number of aryl methyl sites for hydroxylation is 1. The molecule has 2 heterocycles. The normalized spacial score (nSPS) is 15.7. The molecule has 1 aromatic carbocycles. The first-order valence-electron chi connectivity index (χ1n) is 9.81. The van der Waals surface area contributed by atoms with Gasteiger partial charge in [0.1, 0.15) is 0 Å². The highest BCUT2D eigenvalue weighted by molar-refractivity contribution is 5.73. The zero-order valence-electron chi connectivity index (χ0n) is 16.7. The average Bonchev–Trinajstić information content (AvgIpc) is 2.95. The van der Waals surface area contributed by atoms with E-state index in [1.54, 1.807) is 14.1 Å². The SMILES string of the molecule is CC(CCN1CCCn2nc(CNC(=O)N(C)C)cc2C1)c1ccccc1. The predicted octanol–water partition coefficient (Wildman–Crippen LogP) is 3.05. The van der Waals surface area contributed by atoms with Crippen molar-refractivity contribution in [3.63, 3.8) is 0 Å². The van der Waals surface area contributed by atoms with Crippen molar-refractivity contribution in [2.45, 2.75) is 45.3 Å². The zero-order chi connectivity index (χ0) is 19.2. The standard InChI is InChI=1S/C21H31N5O/c1-17(18-8-5-4-6-9-18)10-13-25-11-7-12-26-20(16-25)14-19(23-26)15-22-21(27)24(2)3/h4-6,8-9,14,17H,7,10-13,15-16H2,1-3H3,(H,22,27). The van der Waals surface area contributed by atoms with Crippen molar-refractivity contribution in [2.24, 2.45) is 0 Å². The Labute approximate surface area is 162 Å². The number of benzene rings is 1. The Hall–Kier alpha value is -2.34. The van der Waals surface area contributed by atoms with Crippen LogP contribution in [0.1, 0.15) is 42.6 Å². The van der Waals surface area contributed by atoms with Crippen LogP contribution in [-0.4, -0.2) is 52.8 Å². The lowest BCUT2D eigenvalue weighted by Gasteiger charge is -2.22. The van der Waals surface area contributed by atoms with Crippen LogP contribution in [0.3, 0.4) is 0 Å². The van der Waals surface area contributed by atoms with Crippen LogP contribution in [0.2, 0.25) is 0 Å². The van der Waals surface area contributed by atoms with Crippen LogP contribution < -0.4 is 5.32 Å². The molecule has 0 fully saturated rings. The van der Waals surface area contributed by atoms with Crippen LogP contribution in [0.4, 0.5) is 4.79 Å². The van der Waals surface area contributed by atoms with Gasteiger partial charge >= 0.3 is 6.03 Å². The van der Waals surface area contributed by atoms with E-state index in [0.29, 0.717) is 12.5 Å². The molecule has 1 unspecified atom stereocenters. The van der Waals surface area contributed by atoms with E-state index in [2.05, 4.69) is 63.3 Å². The number of nitrogens with zero attached hydrogens (tertiary/aromatic N) is 4. The van der Waals surface area contributed by atoms with Crippen molar-refractivity contribution in [1.82, 2.24) is 24.9 Å². The zero-order valence-corrected chi connectivity index (χ0v) is 16.7. The molecule has 2 aromatic rings. The summed E-state index contributed by atoms with van der Waals surface area (Å²) in [6.45, 7) is 6.86. The van der Waals surface area contributed by atoms with E-state index >= 15 is 0 Å². The first-order chi connectivity index (χ1) is 13.0.